The number of benzene rings is 1. The molecule has 0 radical (unpaired) electrons. The SMILES string of the molecule is C=CC(=O)Nc1ccccc1CC(=O)N1CCCC2(CNC(=O)C2)C1. The first-order chi connectivity index (χ1) is 12.0. The molecule has 1 unspecified atom stereocenters. The highest BCUT2D eigenvalue weighted by atomic mass is 16.2. The van der Waals surface area contributed by atoms with Gasteiger partial charge in [0.05, 0.1) is 6.42 Å². The minimum atomic E-state index is -0.299. The molecule has 1 aromatic carbocycles. The smallest absolute Gasteiger partial charge is 0.247 e. The van der Waals surface area contributed by atoms with Gasteiger partial charge in [-0.1, -0.05) is 24.8 Å². The lowest BCUT2D eigenvalue weighted by Gasteiger charge is -2.39. The average Bonchev–Trinajstić information content (AvgIpc) is 2.96. The lowest BCUT2D eigenvalue weighted by molar-refractivity contribution is -0.134. The number of piperidine rings is 1. The summed E-state index contributed by atoms with van der Waals surface area (Å²) < 4.78 is 0. The van der Waals surface area contributed by atoms with Crippen LogP contribution in [0.25, 0.3) is 0 Å². The topological polar surface area (TPSA) is 78.5 Å². The minimum Gasteiger partial charge on any atom is -0.355 e. The number of hydrogen-bond acceptors (Lipinski definition) is 3. The van der Waals surface area contributed by atoms with Crippen LogP contribution in [-0.2, 0) is 20.8 Å². The van der Waals surface area contributed by atoms with Gasteiger partial charge in [0.15, 0.2) is 0 Å². The quantitative estimate of drug-likeness (QED) is 0.814. The van der Waals surface area contributed by atoms with Gasteiger partial charge in [0, 0.05) is 37.2 Å². The fraction of sp³-hybridized carbons (Fsp3) is 0.421. The van der Waals surface area contributed by atoms with Gasteiger partial charge in [-0.3, -0.25) is 14.4 Å². The van der Waals surface area contributed by atoms with E-state index in [2.05, 4.69) is 17.2 Å². The van der Waals surface area contributed by atoms with E-state index in [1.54, 1.807) is 6.07 Å². The second-order valence-electron chi connectivity index (χ2n) is 6.90. The van der Waals surface area contributed by atoms with Crippen molar-refractivity contribution >= 4 is 23.4 Å². The van der Waals surface area contributed by atoms with E-state index in [9.17, 15) is 14.4 Å². The van der Waals surface area contributed by atoms with E-state index in [-0.39, 0.29) is 29.6 Å². The summed E-state index contributed by atoms with van der Waals surface area (Å²) in [7, 11) is 0. The highest BCUT2D eigenvalue weighted by Gasteiger charge is 2.42. The zero-order valence-corrected chi connectivity index (χ0v) is 14.2. The Morgan fingerprint density at radius 2 is 2.16 bits per heavy atom. The minimum absolute atomic E-state index is 0.0266. The molecule has 25 heavy (non-hydrogen) atoms. The summed E-state index contributed by atoms with van der Waals surface area (Å²) in [6, 6.07) is 7.29. The van der Waals surface area contributed by atoms with Gasteiger partial charge in [-0.15, -0.1) is 0 Å². The summed E-state index contributed by atoms with van der Waals surface area (Å²) in [4.78, 5) is 37.8. The van der Waals surface area contributed by atoms with E-state index < -0.39 is 0 Å². The lowest BCUT2D eigenvalue weighted by Crippen LogP contribution is -2.47. The van der Waals surface area contributed by atoms with Crippen LogP contribution in [0.15, 0.2) is 36.9 Å². The van der Waals surface area contributed by atoms with E-state index in [1.165, 1.54) is 6.08 Å². The van der Waals surface area contributed by atoms with Crippen LogP contribution in [0.5, 0.6) is 0 Å². The highest BCUT2D eigenvalue weighted by molar-refractivity contribution is 5.99. The number of nitrogens with one attached hydrogen (secondary N) is 2. The predicted molar refractivity (Wildman–Crippen MR) is 94.8 cm³/mol. The van der Waals surface area contributed by atoms with E-state index >= 15 is 0 Å². The molecule has 1 aromatic rings. The summed E-state index contributed by atoms with van der Waals surface area (Å²) in [6.07, 6.45) is 3.82. The fourth-order valence-corrected chi connectivity index (χ4v) is 3.72. The van der Waals surface area contributed by atoms with E-state index in [0.717, 1.165) is 24.9 Å². The largest absolute Gasteiger partial charge is 0.355 e. The molecule has 2 heterocycles. The zero-order chi connectivity index (χ0) is 17.9. The molecule has 2 aliphatic heterocycles. The molecule has 2 saturated heterocycles. The molecular formula is C19H23N3O3. The van der Waals surface area contributed by atoms with Crippen molar-refractivity contribution < 1.29 is 14.4 Å². The number of likely N-dealkylation sites (tertiary alicyclic amines) is 1. The number of anilines is 1. The van der Waals surface area contributed by atoms with Gasteiger partial charge < -0.3 is 15.5 Å². The van der Waals surface area contributed by atoms with Crippen LogP contribution in [0.4, 0.5) is 5.69 Å². The highest BCUT2D eigenvalue weighted by Crippen LogP contribution is 2.36. The van der Waals surface area contributed by atoms with Gasteiger partial charge >= 0.3 is 0 Å². The Bertz CT molecular complexity index is 716. The van der Waals surface area contributed by atoms with Gasteiger partial charge in [0.2, 0.25) is 17.7 Å². The number of nitrogens with zero attached hydrogens (tertiary/aromatic N) is 1. The molecule has 6 heteroatoms. The Labute approximate surface area is 147 Å². The first-order valence-electron chi connectivity index (χ1n) is 8.57. The molecule has 6 nitrogen and oxygen atoms in total. The molecule has 0 saturated carbocycles. The summed E-state index contributed by atoms with van der Waals surface area (Å²) in [5.41, 5.74) is 1.30. The van der Waals surface area contributed by atoms with Crippen molar-refractivity contribution in [2.75, 3.05) is 25.0 Å². The first kappa shape index (κ1) is 17.2. The maximum Gasteiger partial charge on any atom is 0.247 e. The second-order valence-corrected chi connectivity index (χ2v) is 6.90. The summed E-state index contributed by atoms with van der Waals surface area (Å²) in [5, 5.41) is 5.63. The predicted octanol–water partition coefficient (Wildman–Crippen LogP) is 1.48. The second kappa shape index (κ2) is 7.09. The molecule has 132 valence electrons. The summed E-state index contributed by atoms with van der Waals surface area (Å²) >= 11 is 0. The molecule has 1 spiro atoms. The van der Waals surface area contributed by atoms with E-state index in [4.69, 9.17) is 0 Å². The van der Waals surface area contributed by atoms with Crippen molar-refractivity contribution in [3.8, 4) is 0 Å². The Balaban J connectivity index is 1.69. The first-order valence-corrected chi connectivity index (χ1v) is 8.57. The van der Waals surface area contributed by atoms with Crippen LogP contribution in [0, 0.1) is 5.41 Å². The average molecular weight is 341 g/mol. The molecule has 2 N–H and O–H groups in total. The van der Waals surface area contributed by atoms with Crippen molar-refractivity contribution in [3.63, 3.8) is 0 Å². The molecule has 3 rings (SSSR count). The molecule has 2 fully saturated rings. The normalized spacial score (nSPS) is 22.6. The van der Waals surface area contributed by atoms with Gasteiger partial charge in [-0.05, 0) is 30.5 Å². The van der Waals surface area contributed by atoms with Gasteiger partial charge in [-0.25, -0.2) is 0 Å². The van der Waals surface area contributed by atoms with Crippen molar-refractivity contribution in [2.45, 2.75) is 25.7 Å². The molecule has 0 aliphatic carbocycles. The van der Waals surface area contributed by atoms with Gasteiger partial charge in [0.1, 0.15) is 0 Å². The van der Waals surface area contributed by atoms with Crippen molar-refractivity contribution in [1.29, 1.82) is 0 Å². The van der Waals surface area contributed by atoms with Crippen molar-refractivity contribution in [2.24, 2.45) is 5.41 Å². The number of carbonyl (C=O) groups excluding carboxylic acids is 3. The molecule has 1 atom stereocenters. The number of hydrogen-bond donors (Lipinski definition) is 2. The number of amides is 3. The molecule has 0 aromatic heterocycles. The van der Waals surface area contributed by atoms with Gasteiger partial charge in [-0.2, -0.15) is 0 Å². The molecular weight excluding hydrogens is 318 g/mol. The summed E-state index contributed by atoms with van der Waals surface area (Å²) in [6.45, 7) is 5.44. The number of carbonyl (C=O) groups is 3. The zero-order valence-electron chi connectivity index (χ0n) is 14.2. The van der Waals surface area contributed by atoms with Crippen molar-refractivity contribution in [3.05, 3.63) is 42.5 Å². The molecule has 2 aliphatic rings. The third-order valence-electron chi connectivity index (χ3n) is 5.01. The van der Waals surface area contributed by atoms with Crippen LogP contribution < -0.4 is 10.6 Å². The Hall–Kier alpha value is -2.63. The third-order valence-corrected chi connectivity index (χ3v) is 5.01. The molecule has 3 amide bonds. The molecule has 0 bridgehead atoms. The van der Waals surface area contributed by atoms with E-state index in [0.29, 0.717) is 25.2 Å². The van der Waals surface area contributed by atoms with Crippen LogP contribution in [0.3, 0.4) is 0 Å². The van der Waals surface area contributed by atoms with Crippen LogP contribution in [0.2, 0.25) is 0 Å². The standard InChI is InChI=1S/C19H23N3O3/c1-2-16(23)21-15-7-4-3-6-14(15)10-18(25)22-9-5-8-19(13-22)11-17(24)20-12-19/h2-4,6-7H,1,5,8-13H2,(H,20,24)(H,21,23). The van der Waals surface area contributed by atoms with E-state index in [1.807, 2.05) is 23.1 Å². The number of rotatable bonds is 4. The fourth-order valence-electron chi connectivity index (χ4n) is 3.72. The monoisotopic (exact) mass is 341 g/mol. The summed E-state index contributed by atoms with van der Waals surface area (Å²) in [5.74, 6) is -0.196. The van der Waals surface area contributed by atoms with Gasteiger partial charge in [0.25, 0.3) is 0 Å². The van der Waals surface area contributed by atoms with Crippen LogP contribution in [-0.4, -0.2) is 42.3 Å². The van der Waals surface area contributed by atoms with Crippen LogP contribution in [0.1, 0.15) is 24.8 Å². The lowest BCUT2D eigenvalue weighted by atomic mass is 9.79. The Kier molecular flexibility index (Phi) is 4.88. The third kappa shape index (κ3) is 3.90. The maximum absolute atomic E-state index is 12.8. The Morgan fingerprint density at radius 3 is 2.88 bits per heavy atom. The Morgan fingerprint density at radius 1 is 1.36 bits per heavy atom. The number of para-hydroxylation sites is 1. The van der Waals surface area contributed by atoms with Crippen LogP contribution >= 0.6 is 0 Å². The van der Waals surface area contributed by atoms with Crippen molar-refractivity contribution in [1.82, 2.24) is 10.2 Å². The maximum atomic E-state index is 12.8.